The van der Waals surface area contributed by atoms with Gasteiger partial charge in [0.2, 0.25) is 0 Å². The molecule has 0 unspecified atom stereocenters. The van der Waals surface area contributed by atoms with Crippen LogP contribution in [0.1, 0.15) is 16.1 Å². The highest BCUT2D eigenvalue weighted by atomic mass is 32.2. The second kappa shape index (κ2) is 6.57. The topological polar surface area (TPSA) is 67.2 Å². The van der Waals surface area contributed by atoms with Crippen LogP contribution in [0.4, 0.5) is 5.82 Å². The van der Waals surface area contributed by atoms with Crippen molar-refractivity contribution >= 4 is 23.5 Å². The molecule has 3 heterocycles. The number of anilines is 1. The average molecular weight is 332 g/mol. The molecule has 0 bridgehead atoms. The van der Waals surface area contributed by atoms with E-state index in [0.29, 0.717) is 18.7 Å². The predicted molar refractivity (Wildman–Crippen MR) is 89.9 cm³/mol. The molecular weight excluding hydrogens is 312 g/mol. The minimum atomic E-state index is 0.0430. The minimum absolute atomic E-state index is 0.0430. The Kier molecular flexibility index (Phi) is 4.51. The molecule has 1 aliphatic rings. The fourth-order valence-electron chi connectivity index (χ4n) is 2.63. The Morgan fingerprint density at radius 1 is 1.22 bits per heavy atom. The number of piperazine rings is 1. The zero-order valence-corrected chi connectivity index (χ0v) is 14.4. The Balaban J connectivity index is 1.66. The first kappa shape index (κ1) is 15.8. The third-order valence-electron chi connectivity index (χ3n) is 3.85. The Labute approximate surface area is 139 Å². The van der Waals surface area contributed by atoms with Crippen LogP contribution in [0.15, 0.2) is 23.6 Å². The molecule has 8 heteroatoms. The Hall–Kier alpha value is -2.09. The van der Waals surface area contributed by atoms with Crippen molar-refractivity contribution in [1.82, 2.24) is 24.6 Å². The van der Waals surface area contributed by atoms with Crippen molar-refractivity contribution in [3.05, 3.63) is 29.7 Å². The van der Waals surface area contributed by atoms with Crippen molar-refractivity contribution in [2.45, 2.75) is 12.1 Å². The Bertz CT molecular complexity index is 708. The van der Waals surface area contributed by atoms with Gasteiger partial charge in [0.25, 0.3) is 5.91 Å². The zero-order valence-electron chi connectivity index (χ0n) is 13.6. The van der Waals surface area contributed by atoms with Gasteiger partial charge in [-0.1, -0.05) is 11.8 Å². The highest BCUT2D eigenvalue weighted by molar-refractivity contribution is 7.98. The second-order valence-corrected chi connectivity index (χ2v) is 6.31. The molecule has 1 aliphatic heterocycles. The van der Waals surface area contributed by atoms with Crippen LogP contribution >= 0.6 is 11.8 Å². The van der Waals surface area contributed by atoms with Gasteiger partial charge in [-0.2, -0.15) is 5.10 Å². The molecule has 1 amide bonds. The van der Waals surface area contributed by atoms with Gasteiger partial charge < -0.3 is 9.80 Å². The number of carbonyl (C=O) groups excluding carboxylic acids is 1. The van der Waals surface area contributed by atoms with E-state index in [0.717, 1.165) is 29.8 Å². The lowest BCUT2D eigenvalue weighted by atomic mass is 10.2. The first-order chi connectivity index (χ1) is 11.1. The van der Waals surface area contributed by atoms with Crippen molar-refractivity contribution in [1.29, 1.82) is 0 Å². The van der Waals surface area contributed by atoms with Crippen molar-refractivity contribution in [3.63, 3.8) is 0 Å². The van der Waals surface area contributed by atoms with Crippen LogP contribution in [0.2, 0.25) is 0 Å². The van der Waals surface area contributed by atoms with E-state index in [2.05, 4.69) is 20.0 Å². The number of amides is 1. The van der Waals surface area contributed by atoms with Gasteiger partial charge in [-0.05, 0) is 13.2 Å². The summed E-state index contributed by atoms with van der Waals surface area (Å²) >= 11 is 1.54. The van der Waals surface area contributed by atoms with Crippen molar-refractivity contribution < 1.29 is 4.79 Å². The molecule has 3 rings (SSSR count). The van der Waals surface area contributed by atoms with Crippen LogP contribution in [0.3, 0.4) is 0 Å². The van der Waals surface area contributed by atoms with E-state index < -0.39 is 0 Å². The van der Waals surface area contributed by atoms with Gasteiger partial charge in [0, 0.05) is 51.2 Å². The van der Waals surface area contributed by atoms with Gasteiger partial charge >= 0.3 is 0 Å². The van der Waals surface area contributed by atoms with E-state index in [1.165, 1.54) is 0 Å². The minimum Gasteiger partial charge on any atom is -0.353 e. The maximum Gasteiger partial charge on any atom is 0.257 e. The highest BCUT2D eigenvalue weighted by Gasteiger charge is 2.24. The highest BCUT2D eigenvalue weighted by Crippen LogP contribution is 2.19. The SMILES string of the molecule is CSc1nc(C)cc(N2CCN(C(=O)c3cnn(C)c3)CC2)n1. The molecule has 0 saturated carbocycles. The van der Waals surface area contributed by atoms with Crippen molar-refractivity contribution in [2.75, 3.05) is 37.3 Å². The number of hydrogen-bond donors (Lipinski definition) is 0. The molecule has 1 saturated heterocycles. The van der Waals surface area contributed by atoms with Gasteiger partial charge in [-0.25, -0.2) is 9.97 Å². The fraction of sp³-hybridized carbons (Fsp3) is 0.467. The van der Waals surface area contributed by atoms with Crippen molar-refractivity contribution in [3.8, 4) is 0 Å². The lowest BCUT2D eigenvalue weighted by molar-refractivity contribution is 0.0746. The summed E-state index contributed by atoms with van der Waals surface area (Å²) in [5.41, 5.74) is 1.61. The van der Waals surface area contributed by atoms with Crippen LogP contribution < -0.4 is 4.90 Å². The summed E-state index contributed by atoms with van der Waals surface area (Å²) in [5.74, 6) is 0.983. The third kappa shape index (κ3) is 3.47. The second-order valence-electron chi connectivity index (χ2n) is 5.54. The van der Waals surface area contributed by atoms with Gasteiger partial charge in [-0.3, -0.25) is 9.48 Å². The van der Waals surface area contributed by atoms with E-state index in [1.54, 1.807) is 28.8 Å². The zero-order chi connectivity index (χ0) is 16.4. The quantitative estimate of drug-likeness (QED) is 0.621. The summed E-state index contributed by atoms with van der Waals surface area (Å²) in [6.07, 6.45) is 5.35. The van der Waals surface area contributed by atoms with Crippen LogP contribution in [-0.2, 0) is 7.05 Å². The predicted octanol–water partition coefficient (Wildman–Crippen LogP) is 1.20. The average Bonchev–Trinajstić information content (AvgIpc) is 3.00. The summed E-state index contributed by atoms with van der Waals surface area (Å²) < 4.78 is 1.65. The lowest BCUT2D eigenvalue weighted by Crippen LogP contribution is -2.49. The number of hydrogen-bond acceptors (Lipinski definition) is 6. The number of rotatable bonds is 3. The molecule has 1 fully saturated rings. The first-order valence-electron chi connectivity index (χ1n) is 7.49. The Morgan fingerprint density at radius 3 is 2.57 bits per heavy atom. The molecule has 2 aromatic rings. The Morgan fingerprint density at radius 2 is 1.96 bits per heavy atom. The summed E-state index contributed by atoms with van der Waals surface area (Å²) in [7, 11) is 1.81. The summed E-state index contributed by atoms with van der Waals surface area (Å²) in [6, 6.07) is 2.00. The maximum atomic E-state index is 12.4. The third-order valence-corrected chi connectivity index (χ3v) is 4.39. The molecule has 122 valence electrons. The van der Waals surface area contributed by atoms with Crippen molar-refractivity contribution in [2.24, 2.45) is 7.05 Å². The van der Waals surface area contributed by atoms with Gasteiger partial charge in [0.15, 0.2) is 5.16 Å². The van der Waals surface area contributed by atoms with Crippen LogP contribution in [0.5, 0.6) is 0 Å². The molecule has 23 heavy (non-hydrogen) atoms. The number of aryl methyl sites for hydroxylation is 2. The summed E-state index contributed by atoms with van der Waals surface area (Å²) in [5, 5.41) is 4.85. The number of thioether (sulfide) groups is 1. The molecule has 0 N–H and O–H groups in total. The molecule has 0 radical (unpaired) electrons. The van der Waals surface area contributed by atoms with E-state index in [4.69, 9.17) is 0 Å². The number of carbonyl (C=O) groups is 1. The molecule has 7 nitrogen and oxygen atoms in total. The van der Waals surface area contributed by atoms with E-state index in [9.17, 15) is 4.79 Å². The molecule has 0 aliphatic carbocycles. The molecule has 0 spiro atoms. The fourth-order valence-corrected chi connectivity index (χ4v) is 3.05. The summed E-state index contributed by atoms with van der Waals surface area (Å²) in [6.45, 7) is 4.90. The largest absolute Gasteiger partial charge is 0.353 e. The van der Waals surface area contributed by atoms with E-state index >= 15 is 0 Å². The molecule has 0 atom stereocenters. The van der Waals surface area contributed by atoms with Gasteiger partial charge in [0.1, 0.15) is 5.82 Å². The molecular formula is C15H20N6OS. The van der Waals surface area contributed by atoms with E-state index in [1.807, 2.05) is 31.2 Å². The van der Waals surface area contributed by atoms with E-state index in [-0.39, 0.29) is 5.91 Å². The lowest BCUT2D eigenvalue weighted by Gasteiger charge is -2.35. The van der Waals surface area contributed by atoms with Gasteiger partial charge in [0.05, 0.1) is 11.8 Å². The smallest absolute Gasteiger partial charge is 0.257 e. The monoisotopic (exact) mass is 332 g/mol. The van der Waals surface area contributed by atoms with Gasteiger partial charge in [-0.15, -0.1) is 0 Å². The maximum absolute atomic E-state index is 12.4. The summed E-state index contributed by atoms with van der Waals surface area (Å²) in [4.78, 5) is 25.5. The molecule has 0 aromatic carbocycles. The van der Waals surface area contributed by atoms with Crippen LogP contribution in [0.25, 0.3) is 0 Å². The van der Waals surface area contributed by atoms with Crippen LogP contribution in [-0.4, -0.2) is 63.0 Å². The number of nitrogens with zero attached hydrogens (tertiary/aromatic N) is 6. The normalized spacial score (nSPS) is 15.1. The number of aromatic nitrogens is 4. The molecule has 2 aromatic heterocycles. The first-order valence-corrected chi connectivity index (χ1v) is 8.72. The standard InChI is InChI=1S/C15H20N6OS/c1-11-8-13(18-15(17-11)23-3)20-4-6-21(7-5-20)14(22)12-9-16-19(2)10-12/h8-10H,4-7H2,1-3H3. The van der Waals surface area contributed by atoms with Crippen LogP contribution in [0, 0.1) is 6.92 Å².